The number of nitrogens with one attached hydrogen (secondary N) is 2. The number of methoxy groups -OCH3 is 1. The third-order valence-corrected chi connectivity index (χ3v) is 6.74. The number of aromatic nitrogens is 2. The molecule has 0 saturated heterocycles. The quantitative estimate of drug-likeness (QED) is 0.270. The summed E-state index contributed by atoms with van der Waals surface area (Å²) in [7, 11) is 1.27. The van der Waals surface area contributed by atoms with Gasteiger partial charge in [-0.25, -0.2) is 9.97 Å². The van der Waals surface area contributed by atoms with Crippen LogP contribution in [0.1, 0.15) is 9.67 Å². The van der Waals surface area contributed by atoms with E-state index in [1.165, 1.54) is 18.4 Å². The Labute approximate surface area is 202 Å². The lowest BCUT2D eigenvalue weighted by atomic mass is 10.1. The van der Waals surface area contributed by atoms with E-state index in [1.54, 1.807) is 18.2 Å². The monoisotopic (exact) mass is 496 g/mol. The van der Waals surface area contributed by atoms with E-state index in [0.29, 0.717) is 33.0 Å². The first-order valence-electron chi connectivity index (χ1n) is 9.99. The summed E-state index contributed by atoms with van der Waals surface area (Å²) < 4.78 is 4.53. The van der Waals surface area contributed by atoms with Crippen molar-refractivity contribution in [3.05, 3.63) is 46.7 Å². The highest BCUT2D eigenvalue weighted by Crippen LogP contribution is 2.40. The summed E-state index contributed by atoms with van der Waals surface area (Å²) in [6, 6.07) is 10.9. The average molecular weight is 497 g/mol. The van der Waals surface area contributed by atoms with Crippen LogP contribution in [-0.2, 0) is 14.3 Å². The molecule has 0 atom stereocenters. The number of primary amides is 1. The molecule has 0 aliphatic rings. The molecule has 3 heterocycles. The second-order valence-electron chi connectivity index (χ2n) is 7.07. The number of fused-ring (bicyclic) bond motifs is 1. The molecule has 0 spiro atoms. The first kappa shape index (κ1) is 23.3. The molecule has 0 radical (unpaired) electrons. The van der Waals surface area contributed by atoms with Gasteiger partial charge in [0.25, 0.3) is 5.91 Å². The Bertz CT molecular complexity index is 1380. The van der Waals surface area contributed by atoms with Gasteiger partial charge >= 0.3 is 5.97 Å². The first-order valence-corrected chi connectivity index (χ1v) is 11.7. The van der Waals surface area contributed by atoms with E-state index in [0.717, 1.165) is 16.2 Å². The van der Waals surface area contributed by atoms with Gasteiger partial charge in [-0.05, 0) is 23.6 Å². The summed E-state index contributed by atoms with van der Waals surface area (Å²) in [5.74, 6) is -0.937. The minimum Gasteiger partial charge on any atom is -0.468 e. The van der Waals surface area contributed by atoms with Gasteiger partial charge in [0, 0.05) is 11.3 Å². The number of rotatable bonds is 8. The van der Waals surface area contributed by atoms with Gasteiger partial charge in [0.2, 0.25) is 5.91 Å². The highest BCUT2D eigenvalue weighted by Gasteiger charge is 2.22. The number of anilines is 2. The maximum atomic E-state index is 12.3. The predicted octanol–water partition coefficient (Wildman–Crippen LogP) is 2.47. The summed E-state index contributed by atoms with van der Waals surface area (Å²) in [6.45, 7) is -0.146. The molecular formula is C22H20N6O4S2. The summed E-state index contributed by atoms with van der Waals surface area (Å²) in [5, 5.41) is 7.93. The van der Waals surface area contributed by atoms with Gasteiger partial charge in [-0.15, -0.1) is 22.7 Å². The number of carbonyl (C=O) groups excluding carboxylic acids is 3. The van der Waals surface area contributed by atoms with E-state index in [-0.39, 0.29) is 29.6 Å². The van der Waals surface area contributed by atoms with Crippen LogP contribution in [0.2, 0.25) is 0 Å². The standard InChI is InChI=1S/C22H20N6O4S2/c1-32-15(30)10-25-9-14(29)26-12-5-2-4-11(8-12)18-16-17(23)19(20(24)31)34-22(16)28-21(27-18)13-6-3-7-33-13/h2-8,25H,9-10,23H2,1H3,(H2,24,31)(H,26,29). The molecule has 174 valence electrons. The number of thiophene rings is 2. The number of hydrogen-bond acceptors (Lipinski definition) is 10. The van der Waals surface area contributed by atoms with Crippen molar-refractivity contribution < 1.29 is 19.1 Å². The molecule has 0 aliphatic carbocycles. The smallest absolute Gasteiger partial charge is 0.319 e. The maximum absolute atomic E-state index is 12.3. The van der Waals surface area contributed by atoms with E-state index >= 15 is 0 Å². The van der Waals surface area contributed by atoms with Crippen molar-refractivity contribution in [3.8, 4) is 22.0 Å². The molecule has 6 N–H and O–H groups in total. The zero-order valence-electron chi connectivity index (χ0n) is 18.0. The summed E-state index contributed by atoms with van der Waals surface area (Å²) >= 11 is 2.61. The highest BCUT2D eigenvalue weighted by atomic mass is 32.1. The van der Waals surface area contributed by atoms with Crippen LogP contribution in [0.25, 0.3) is 32.2 Å². The molecule has 0 bridgehead atoms. The van der Waals surface area contributed by atoms with Crippen LogP contribution in [-0.4, -0.2) is 48.0 Å². The highest BCUT2D eigenvalue weighted by molar-refractivity contribution is 7.21. The minimum atomic E-state index is -0.635. The number of nitrogen functional groups attached to an aromatic ring is 1. The zero-order chi connectivity index (χ0) is 24.2. The summed E-state index contributed by atoms with van der Waals surface area (Å²) in [6.07, 6.45) is 0. The normalized spacial score (nSPS) is 10.9. The van der Waals surface area contributed by atoms with Crippen molar-refractivity contribution in [2.75, 3.05) is 31.2 Å². The number of carbonyl (C=O) groups is 3. The Kier molecular flexibility index (Phi) is 6.82. The Morgan fingerprint density at radius 3 is 2.65 bits per heavy atom. The molecule has 10 nitrogen and oxygen atoms in total. The molecule has 0 fully saturated rings. The van der Waals surface area contributed by atoms with E-state index < -0.39 is 11.9 Å². The van der Waals surface area contributed by atoms with Crippen molar-refractivity contribution in [1.82, 2.24) is 15.3 Å². The number of nitrogens with zero attached hydrogens (tertiary/aromatic N) is 2. The Morgan fingerprint density at radius 2 is 1.94 bits per heavy atom. The largest absolute Gasteiger partial charge is 0.468 e. The first-order chi connectivity index (χ1) is 16.4. The van der Waals surface area contributed by atoms with E-state index in [9.17, 15) is 14.4 Å². The van der Waals surface area contributed by atoms with Crippen molar-refractivity contribution in [2.24, 2.45) is 5.73 Å². The van der Waals surface area contributed by atoms with Crippen molar-refractivity contribution in [2.45, 2.75) is 0 Å². The topological polar surface area (TPSA) is 162 Å². The van der Waals surface area contributed by atoms with E-state index in [2.05, 4.69) is 20.4 Å². The van der Waals surface area contributed by atoms with Gasteiger partial charge in [-0.1, -0.05) is 18.2 Å². The molecule has 1 aromatic carbocycles. The van der Waals surface area contributed by atoms with Crippen LogP contribution in [0.4, 0.5) is 11.4 Å². The van der Waals surface area contributed by atoms with E-state index in [1.807, 2.05) is 23.6 Å². The maximum Gasteiger partial charge on any atom is 0.319 e. The van der Waals surface area contributed by atoms with Crippen molar-refractivity contribution in [3.63, 3.8) is 0 Å². The van der Waals surface area contributed by atoms with Crippen LogP contribution in [0.15, 0.2) is 41.8 Å². The molecule has 12 heteroatoms. The van der Waals surface area contributed by atoms with Gasteiger partial charge in [-0.2, -0.15) is 0 Å². The summed E-state index contributed by atoms with van der Waals surface area (Å²) in [4.78, 5) is 46.3. The van der Waals surface area contributed by atoms with Crippen LogP contribution < -0.4 is 22.1 Å². The van der Waals surface area contributed by atoms with E-state index in [4.69, 9.17) is 16.5 Å². The Balaban J connectivity index is 1.71. The SMILES string of the molecule is COC(=O)CNCC(=O)Nc1cccc(-c2nc(-c3cccs3)nc3sc(C(N)=O)c(N)c23)c1. The Hall–Kier alpha value is -3.87. The lowest BCUT2D eigenvalue weighted by Crippen LogP contribution is -2.32. The van der Waals surface area contributed by atoms with Gasteiger partial charge in [0.15, 0.2) is 5.82 Å². The second kappa shape index (κ2) is 9.95. The number of amides is 2. The fraction of sp³-hybridized carbons (Fsp3) is 0.136. The van der Waals surface area contributed by atoms with Crippen molar-refractivity contribution >= 4 is 62.0 Å². The fourth-order valence-electron chi connectivity index (χ4n) is 3.23. The van der Waals surface area contributed by atoms with Gasteiger partial charge < -0.3 is 21.5 Å². The van der Waals surface area contributed by atoms with Crippen LogP contribution in [0, 0.1) is 0 Å². The molecule has 3 aromatic heterocycles. The minimum absolute atomic E-state index is 0.0704. The molecule has 2 amide bonds. The summed E-state index contributed by atoms with van der Waals surface area (Å²) in [5.41, 5.74) is 13.7. The van der Waals surface area contributed by atoms with Gasteiger partial charge in [-0.3, -0.25) is 19.7 Å². The second-order valence-corrected chi connectivity index (χ2v) is 9.02. The zero-order valence-corrected chi connectivity index (χ0v) is 19.6. The molecule has 0 unspecified atom stereocenters. The third-order valence-electron chi connectivity index (χ3n) is 4.76. The molecule has 4 rings (SSSR count). The average Bonchev–Trinajstić information content (AvgIpc) is 3.47. The number of ether oxygens (including phenoxy) is 1. The molecular weight excluding hydrogens is 476 g/mol. The van der Waals surface area contributed by atoms with Crippen LogP contribution >= 0.6 is 22.7 Å². The fourth-order valence-corrected chi connectivity index (χ4v) is 4.83. The Morgan fingerprint density at radius 1 is 1.12 bits per heavy atom. The van der Waals surface area contributed by atoms with Crippen LogP contribution in [0.5, 0.6) is 0 Å². The lowest BCUT2D eigenvalue weighted by molar-refractivity contribution is -0.139. The lowest BCUT2D eigenvalue weighted by Gasteiger charge is -2.10. The number of hydrogen-bond donors (Lipinski definition) is 4. The van der Waals surface area contributed by atoms with Crippen molar-refractivity contribution in [1.29, 1.82) is 0 Å². The molecule has 4 aromatic rings. The molecule has 0 aliphatic heterocycles. The number of esters is 1. The predicted molar refractivity (Wildman–Crippen MR) is 133 cm³/mol. The third kappa shape index (κ3) is 4.88. The number of benzene rings is 1. The van der Waals surface area contributed by atoms with Crippen LogP contribution in [0.3, 0.4) is 0 Å². The van der Waals surface area contributed by atoms with Gasteiger partial charge in [0.1, 0.15) is 9.71 Å². The number of nitrogens with two attached hydrogens (primary N) is 2. The molecule has 34 heavy (non-hydrogen) atoms. The van der Waals surface area contributed by atoms with Gasteiger partial charge in [0.05, 0.1) is 41.8 Å². The molecule has 0 saturated carbocycles.